The number of carbonyl (C=O) groups is 1. The summed E-state index contributed by atoms with van der Waals surface area (Å²) in [5, 5.41) is 2.86. The van der Waals surface area contributed by atoms with Gasteiger partial charge >= 0.3 is 0 Å². The third-order valence-electron chi connectivity index (χ3n) is 3.46. The summed E-state index contributed by atoms with van der Waals surface area (Å²) >= 11 is 0. The quantitative estimate of drug-likeness (QED) is 0.835. The number of aromatic amines is 1. The number of amides is 1. The van der Waals surface area contributed by atoms with Crippen molar-refractivity contribution < 1.29 is 18.2 Å². The third kappa shape index (κ3) is 4.01. The van der Waals surface area contributed by atoms with Crippen molar-refractivity contribution in [1.82, 2.24) is 9.62 Å². The maximum Gasteiger partial charge on any atom is 0.224 e. The van der Waals surface area contributed by atoms with E-state index in [0.717, 1.165) is 18.4 Å². The Morgan fingerprint density at radius 1 is 1.55 bits per heavy atom. The first-order chi connectivity index (χ1) is 9.47. The van der Waals surface area contributed by atoms with E-state index >= 15 is 0 Å². The molecule has 0 saturated carbocycles. The van der Waals surface area contributed by atoms with Crippen LogP contribution in [0.5, 0.6) is 0 Å². The van der Waals surface area contributed by atoms with E-state index in [1.165, 1.54) is 10.6 Å². The summed E-state index contributed by atoms with van der Waals surface area (Å²) in [4.78, 5) is 15.1. The van der Waals surface area contributed by atoms with E-state index in [-0.39, 0.29) is 18.4 Å². The molecule has 2 heterocycles. The SMILES string of the molecule is CS(=O)(=O)N1CCCC(C(=O)NCc2ccc[nH+]c2)C1. The molecular weight excluding hydrogens is 278 g/mol. The third-order valence-corrected chi connectivity index (χ3v) is 4.73. The standard InChI is InChI=1S/C13H19N3O3S/c1-20(18,19)16-7-3-5-12(10-16)13(17)15-9-11-4-2-6-14-8-11/h2,4,6,8,12H,3,5,7,9-10H2,1H3,(H,15,17)/p+1. The van der Waals surface area contributed by atoms with Gasteiger partial charge in [-0.25, -0.2) is 17.7 Å². The molecule has 0 bridgehead atoms. The van der Waals surface area contributed by atoms with Gasteiger partial charge in [0.05, 0.1) is 12.2 Å². The van der Waals surface area contributed by atoms with Gasteiger partial charge in [-0.15, -0.1) is 0 Å². The monoisotopic (exact) mass is 298 g/mol. The van der Waals surface area contributed by atoms with Gasteiger partial charge in [-0.05, 0) is 18.9 Å². The lowest BCUT2D eigenvalue weighted by molar-refractivity contribution is -0.378. The molecule has 1 fully saturated rings. The fourth-order valence-electron chi connectivity index (χ4n) is 2.33. The molecule has 110 valence electrons. The van der Waals surface area contributed by atoms with E-state index < -0.39 is 10.0 Å². The average Bonchev–Trinajstić information content (AvgIpc) is 2.45. The van der Waals surface area contributed by atoms with Crippen LogP contribution in [0.25, 0.3) is 0 Å². The largest absolute Gasteiger partial charge is 0.352 e. The van der Waals surface area contributed by atoms with Gasteiger partial charge in [0.15, 0.2) is 12.4 Å². The van der Waals surface area contributed by atoms with Gasteiger partial charge in [0.2, 0.25) is 15.9 Å². The highest BCUT2D eigenvalue weighted by atomic mass is 32.2. The van der Waals surface area contributed by atoms with Crippen LogP contribution in [0, 0.1) is 5.92 Å². The molecule has 1 aromatic heterocycles. The van der Waals surface area contributed by atoms with E-state index in [2.05, 4.69) is 10.3 Å². The second-order valence-electron chi connectivity index (χ2n) is 5.09. The highest BCUT2D eigenvalue weighted by molar-refractivity contribution is 7.88. The van der Waals surface area contributed by atoms with Crippen molar-refractivity contribution in [1.29, 1.82) is 0 Å². The van der Waals surface area contributed by atoms with Gasteiger partial charge in [-0.2, -0.15) is 0 Å². The van der Waals surface area contributed by atoms with Crippen LogP contribution in [0.1, 0.15) is 18.4 Å². The number of sulfonamides is 1. The van der Waals surface area contributed by atoms with Crippen LogP contribution in [-0.4, -0.2) is 38.0 Å². The normalized spacial score (nSPS) is 20.6. The van der Waals surface area contributed by atoms with Crippen molar-refractivity contribution in [3.63, 3.8) is 0 Å². The molecule has 2 rings (SSSR count). The number of nitrogens with one attached hydrogen (secondary N) is 2. The Labute approximate surface area is 119 Å². The van der Waals surface area contributed by atoms with Crippen LogP contribution >= 0.6 is 0 Å². The average molecular weight is 298 g/mol. The summed E-state index contributed by atoms with van der Waals surface area (Å²) in [6.45, 7) is 1.24. The van der Waals surface area contributed by atoms with Crippen molar-refractivity contribution in [2.45, 2.75) is 19.4 Å². The lowest BCUT2D eigenvalue weighted by Crippen LogP contribution is -2.44. The van der Waals surface area contributed by atoms with E-state index in [1.54, 1.807) is 6.20 Å². The van der Waals surface area contributed by atoms with Crippen LogP contribution in [0.3, 0.4) is 0 Å². The fraction of sp³-hybridized carbons (Fsp3) is 0.538. The summed E-state index contributed by atoms with van der Waals surface area (Å²) < 4.78 is 24.4. The van der Waals surface area contributed by atoms with E-state index in [1.807, 2.05) is 18.3 Å². The van der Waals surface area contributed by atoms with Gasteiger partial charge in [0.1, 0.15) is 0 Å². The first-order valence-electron chi connectivity index (χ1n) is 6.64. The smallest absolute Gasteiger partial charge is 0.224 e. The van der Waals surface area contributed by atoms with Gasteiger partial charge in [-0.3, -0.25) is 4.79 Å². The minimum atomic E-state index is -3.21. The Morgan fingerprint density at radius 2 is 2.35 bits per heavy atom. The van der Waals surface area contributed by atoms with Gasteiger partial charge in [0, 0.05) is 31.3 Å². The Morgan fingerprint density at radius 3 is 3.00 bits per heavy atom. The fourth-order valence-corrected chi connectivity index (χ4v) is 3.24. The van der Waals surface area contributed by atoms with Crippen LogP contribution in [0.4, 0.5) is 0 Å². The predicted molar refractivity (Wildman–Crippen MR) is 74.0 cm³/mol. The van der Waals surface area contributed by atoms with E-state index in [0.29, 0.717) is 13.1 Å². The van der Waals surface area contributed by atoms with Crippen LogP contribution in [-0.2, 0) is 21.4 Å². The minimum Gasteiger partial charge on any atom is -0.352 e. The van der Waals surface area contributed by atoms with Crippen LogP contribution < -0.4 is 10.3 Å². The number of H-pyrrole nitrogens is 1. The molecule has 0 spiro atoms. The second-order valence-corrected chi connectivity index (χ2v) is 7.07. The van der Waals surface area contributed by atoms with Crippen molar-refractivity contribution in [3.05, 3.63) is 30.1 Å². The highest BCUT2D eigenvalue weighted by Gasteiger charge is 2.29. The number of hydrogen-bond donors (Lipinski definition) is 1. The number of pyridine rings is 1. The zero-order valence-corrected chi connectivity index (χ0v) is 12.3. The van der Waals surface area contributed by atoms with E-state index in [4.69, 9.17) is 0 Å². The maximum atomic E-state index is 12.1. The molecule has 7 heteroatoms. The molecule has 2 N–H and O–H groups in total. The van der Waals surface area contributed by atoms with Gasteiger partial charge in [0.25, 0.3) is 0 Å². The van der Waals surface area contributed by atoms with Gasteiger partial charge < -0.3 is 5.32 Å². The predicted octanol–water partition coefficient (Wildman–Crippen LogP) is -0.211. The summed E-state index contributed by atoms with van der Waals surface area (Å²) in [5.41, 5.74) is 0.983. The molecule has 20 heavy (non-hydrogen) atoms. The number of aromatic nitrogens is 1. The zero-order chi connectivity index (χ0) is 14.6. The second kappa shape index (κ2) is 6.32. The summed E-state index contributed by atoms with van der Waals surface area (Å²) in [6.07, 6.45) is 6.27. The molecule has 1 atom stereocenters. The zero-order valence-electron chi connectivity index (χ0n) is 11.5. The molecule has 0 aromatic carbocycles. The van der Waals surface area contributed by atoms with Gasteiger partial charge in [-0.1, -0.05) is 0 Å². The Hall–Kier alpha value is -1.47. The molecule has 0 radical (unpaired) electrons. The minimum absolute atomic E-state index is 0.0813. The first kappa shape index (κ1) is 14.9. The summed E-state index contributed by atoms with van der Waals surface area (Å²) in [5.74, 6) is -0.339. The summed E-state index contributed by atoms with van der Waals surface area (Å²) in [6, 6.07) is 3.79. The lowest BCUT2D eigenvalue weighted by Gasteiger charge is -2.30. The van der Waals surface area contributed by atoms with Crippen molar-refractivity contribution in [3.8, 4) is 0 Å². The molecular formula is C13H20N3O3S+. The topological polar surface area (TPSA) is 80.6 Å². The van der Waals surface area contributed by atoms with Crippen LogP contribution in [0.2, 0.25) is 0 Å². The maximum absolute atomic E-state index is 12.1. The van der Waals surface area contributed by atoms with Crippen molar-refractivity contribution >= 4 is 15.9 Å². The molecule has 1 unspecified atom stereocenters. The number of piperidine rings is 1. The van der Waals surface area contributed by atoms with Crippen molar-refractivity contribution in [2.75, 3.05) is 19.3 Å². The Balaban J connectivity index is 1.89. The molecule has 1 aliphatic rings. The van der Waals surface area contributed by atoms with Crippen LogP contribution in [0.15, 0.2) is 24.5 Å². The molecule has 1 aromatic rings. The molecule has 0 aliphatic carbocycles. The number of rotatable bonds is 4. The molecule has 1 amide bonds. The molecule has 6 nitrogen and oxygen atoms in total. The Bertz CT molecular complexity index is 559. The highest BCUT2D eigenvalue weighted by Crippen LogP contribution is 2.18. The van der Waals surface area contributed by atoms with E-state index in [9.17, 15) is 13.2 Å². The first-order valence-corrected chi connectivity index (χ1v) is 8.49. The molecule has 1 saturated heterocycles. The number of nitrogens with zero attached hydrogens (tertiary/aromatic N) is 1. The van der Waals surface area contributed by atoms with Crippen molar-refractivity contribution in [2.24, 2.45) is 5.92 Å². The lowest BCUT2D eigenvalue weighted by atomic mass is 9.99. The number of hydrogen-bond acceptors (Lipinski definition) is 3. The Kier molecular flexibility index (Phi) is 4.72. The summed E-state index contributed by atoms with van der Waals surface area (Å²) in [7, 11) is -3.21. The molecule has 1 aliphatic heterocycles. The number of carbonyl (C=O) groups excluding carboxylic acids is 1.